The van der Waals surface area contributed by atoms with Gasteiger partial charge in [0.2, 0.25) is 0 Å². The van der Waals surface area contributed by atoms with Gasteiger partial charge in [0.1, 0.15) is 0 Å². The first kappa shape index (κ1) is 10.5. The molecular weight excluding hydrogens is 248 g/mol. The van der Waals surface area contributed by atoms with Gasteiger partial charge in [0, 0.05) is 11.8 Å². The fourth-order valence-corrected chi connectivity index (χ4v) is 7.05. The Morgan fingerprint density at radius 1 is 0.850 bits per heavy atom. The number of rotatable bonds is 0. The van der Waals surface area contributed by atoms with Crippen molar-refractivity contribution in [2.45, 2.75) is 32.1 Å². The highest BCUT2D eigenvalue weighted by atomic mass is 16.1. The number of carbonyl (C=O) groups is 2. The van der Waals surface area contributed by atoms with E-state index in [4.69, 9.17) is 0 Å². The van der Waals surface area contributed by atoms with E-state index in [1.807, 2.05) is 0 Å². The predicted octanol–water partition coefficient (Wildman–Crippen LogP) is 2.69. The molecule has 0 aromatic rings. The summed E-state index contributed by atoms with van der Waals surface area (Å²) in [5.41, 5.74) is 3.75. The highest BCUT2D eigenvalue weighted by Gasteiger charge is 2.76. The van der Waals surface area contributed by atoms with Crippen LogP contribution in [0, 0.1) is 40.9 Å². The molecule has 20 heavy (non-hydrogen) atoms. The molecule has 2 nitrogen and oxygen atoms in total. The van der Waals surface area contributed by atoms with Crippen molar-refractivity contribution in [1.29, 1.82) is 0 Å². The van der Waals surface area contributed by atoms with Crippen LogP contribution in [0.1, 0.15) is 32.1 Å². The fourth-order valence-electron chi connectivity index (χ4n) is 7.05. The Labute approximate surface area is 118 Å². The summed E-state index contributed by atoms with van der Waals surface area (Å²) < 4.78 is 0. The lowest BCUT2D eigenvalue weighted by Gasteiger charge is -2.35. The van der Waals surface area contributed by atoms with E-state index in [0.717, 1.165) is 11.8 Å². The Kier molecular flexibility index (Phi) is 1.52. The monoisotopic (exact) mass is 266 g/mol. The molecule has 0 unspecified atom stereocenters. The number of allylic oxidation sites excluding steroid dienone is 4. The highest BCUT2D eigenvalue weighted by molar-refractivity contribution is 6.09. The summed E-state index contributed by atoms with van der Waals surface area (Å²) in [5, 5.41) is 0. The molecule has 6 atom stereocenters. The van der Waals surface area contributed by atoms with Crippen LogP contribution in [0.2, 0.25) is 0 Å². The molecule has 1 spiro atoms. The summed E-state index contributed by atoms with van der Waals surface area (Å²) in [7, 11) is 0. The van der Waals surface area contributed by atoms with Gasteiger partial charge < -0.3 is 0 Å². The molecule has 6 aliphatic rings. The zero-order chi connectivity index (χ0) is 13.2. The van der Waals surface area contributed by atoms with Crippen LogP contribution in [-0.4, -0.2) is 11.6 Å². The van der Waals surface area contributed by atoms with E-state index in [2.05, 4.69) is 0 Å². The Morgan fingerprint density at radius 3 is 1.80 bits per heavy atom. The maximum Gasteiger partial charge on any atom is 0.160 e. The number of fused-ring (bicyclic) bond motifs is 9. The van der Waals surface area contributed by atoms with Gasteiger partial charge in [-0.2, -0.15) is 0 Å². The quantitative estimate of drug-likeness (QED) is 0.632. The van der Waals surface area contributed by atoms with Crippen LogP contribution in [0.4, 0.5) is 0 Å². The second kappa shape index (κ2) is 2.88. The molecule has 0 amide bonds. The average molecular weight is 266 g/mol. The molecule has 3 saturated carbocycles. The van der Waals surface area contributed by atoms with Crippen LogP contribution in [-0.2, 0) is 9.59 Å². The minimum Gasteiger partial charge on any atom is -0.294 e. The minimum atomic E-state index is 0.0260. The molecular formula is C18H18O2. The number of ketones is 2. The Morgan fingerprint density at radius 2 is 1.35 bits per heavy atom. The van der Waals surface area contributed by atoms with Gasteiger partial charge >= 0.3 is 0 Å². The van der Waals surface area contributed by atoms with Crippen molar-refractivity contribution in [1.82, 2.24) is 0 Å². The van der Waals surface area contributed by atoms with Gasteiger partial charge in [0.05, 0.1) is 0 Å². The molecule has 0 saturated heterocycles. The SMILES string of the molecule is O=C1C=CC(=O)[C@H]2[C@@H]1[C@H]1C3=C([C@H]4CC[C@H]3C4)[C@H]2C12CC2. The molecule has 6 aliphatic carbocycles. The first-order valence-electron chi connectivity index (χ1n) is 8.22. The van der Waals surface area contributed by atoms with E-state index in [1.54, 1.807) is 23.3 Å². The summed E-state index contributed by atoms with van der Waals surface area (Å²) in [4.78, 5) is 24.9. The second-order valence-corrected chi connectivity index (χ2v) is 8.00. The second-order valence-electron chi connectivity index (χ2n) is 8.00. The van der Waals surface area contributed by atoms with Crippen molar-refractivity contribution >= 4 is 11.6 Å². The molecule has 102 valence electrons. The van der Waals surface area contributed by atoms with Crippen molar-refractivity contribution in [2.75, 3.05) is 0 Å². The zero-order valence-corrected chi connectivity index (χ0v) is 11.5. The van der Waals surface area contributed by atoms with E-state index < -0.39 is 0 Å². The smallest absolute Gasteiger partial charge is 0.160 e. The van der Waals surface area contributed by atoms with Gasteiger partial charge in [-0.05, 0) is 73.3 Å². The van der Waals surface area contributed by atoms with Crippen LogP contribution in [0.3, 0.4) is 0 Å². The van der Waals surface area contributed by atoms with Gasteiger partial charge in [-0.3, -0.25) is 9.59 Å². The third-order valence-corrected chi connectivity index (χ3v) is 7.56. The zero-order valence-electron chi connectivity index (χ0n) is 11.5. The maximum atomic E-state index is 12.5. The molecule has 0 aromatic heterocycles. The van der Waals surface area contributed by atoms with Gasteiger partial charge in [0.25, 0.3) is 0 Å². The van der Waals surface area contributed by atoms with E-state index in [1.165, 1.54) is 32.1 Å². The van der Waals surface area contributed by atoms with E-state index in [0.29, 0.717) is 17.3 Å². The van der Waals surface area contributed by atoms with Crippen molar-refractivity contribution in [2.24, 2.45) is 40.9 Å². The molecule has 0 N–H and O–H groups in total. The lowest BCUT2D eigenvalue weighted by Crippen LogP contribution is -2.38. The summed E-state index contributed by atoms with van der Waals surface area (Å²) in [6.45, 7) is 0. The summed E-state index contributed by atoms with van der Waals surface area (Å²) in [5.74, 6) is 3.03. The van der Waals surface area contributed by atoms with Crippen LogP contribution < -0.4 is 0 Å². The highest BCUT2D eigenvalue weighted by Crippen LogP contribution is 2.81. The lowest BCUT2D eigenvalue weighted by molar-refractivity contribution is -0.129. The maximum absolute atomic E-state index is 12.5. The van der Waals surface area contributed by atoms with Gasteiger partial charge in [-0.1, -0.05) is 11.1 Å². The van der Waals surface area contributed by atoms with Crippen LogP contribution in [0.5, 0.6) is 0 Å². The summed E-state index contributed by atoms with van der Waals surface area (Å²) >= 11 is 0. The molecule has 4 bridgehead atoms. The van der Waals surface area contributed by atoms with Crippen molar-refractivity contribution in [3.8, 4) is 0 Å². The largest absolute Gasteiger partial charge is 0.294 e. The first-order chi connectivity index (χ1) is 9.72. The Bertz CT molecular complexity index is 598. The van der Waals surface area contributed by atoms with Crippen LogP contribution >= 0.6 is 0 Å². The Balaban J connectivity index is 1.61. The molecule has 3 fully saturated rings. The molecule has 0 radical (unpaired) electrons. The van der Waals surface area contributed by atoms with Gasteiger partial charge in [-0.25, -0.2) is 0 Å². The van der Waals surface area contributed by atoms with Crippen molar-refractivity contribution < 1.29 is 9.59 Å². The molecule has 2 heteroatoms. The first-order valence-corrected chi connectivity index (χ1v) is 8.22. The van der Waals surface area contributed by atoms with Gasteiger partial charge in [0.15, 0.2) is 11.6 Å². The van der Waals surface area contributed by atoms with Crippen LogP contribution in [0.15, 0.2) is 23.3 Å². The van der Waals surface area contributed by atoms with Crippen molar-refractivity contribution in [3.05, 3.63) is 23.3 Å². The molecule has 6 rings (SSSR count). The molecule has 0 heterocycles. The standard InChI is InChI=1S/C18H18O2/c19-10-3-4-11(20)15-14(10)16-12-8-1-2-9(7-8)13(12)17(15)18(16)5-6-18/h3-4,8-9,14-17H,1-2,5-7H2/t8-,9-,14-,15+,16+,17+/m0/s1. The molecule has 0 aromatic carbocycles. The summed E-state index contributed by atoms with van der Waals surface area (Å²) in [6, 6.07) is 0. The topological polar surface area (TPSA) is 34.1 Å². The van der Waals surface area contributed by atoms with Crippen LogP contribution in [0.25, 0.3) is 0 Å². The van der Waals surface area contributed by atoms with E-state index in [-0.39, 0.29) is 23.4 Å². The number of carbonyl (C=O) groups excluding carboxylic acids is 2. The average Bonchev–Trinajstić information content (AvgIpc) is 2.78. The number of hydrogen-bond donors (Lipinski definition) is 0. The minimum absolute atomic E-state index is 0.0260. The fraction of sp³-hybridized carbons (Fsp3) is 0.667. The normalized spacial score (nSPS) is 52.2. The Hall–Kier alpha value is -1.18. The third kappa shape index (κ3) is 0.864. The predicted molar refractivity (Wildman–Crippen MR) is 72.6 cm³/mol. The molecule has 0 aliphatic heterocycles. The van der Waals surface area contributed by atoms with Crippen molar-refractivity contribution in [3.63, 3.8) is 0 Å². The summed E-state index contributed by atoms with van der Waals surface area (Å²) in [6.07, 6.45) is 9.71. The van der Waals surface area contributed by atoms with Gasteiger partial charge in [-0.15, -0.1) is 0 Å². The number of hydrogen-bond acceptors (Lipinski definition) is 2. The van der Waals surface area contributed by atoms with E-state index in [9.17, 15) is 9.59 Å². The lowest BCUT2D eigenvalue weighted by atomic mass is 9.67. The van der Waals surface area contributed by atoms with E-state index >= 15 is 0 Å². The third-order valence-electron chi connectivity index (χ3n) is 7.56.